The zero-order valence-electron chi connectivity index (χ0n) is 12.7. The van der Waals surface area contributed by atoms with E-state index in [1.165, 1.54) is 6.42 Å². The lowest BCUT2D eigenvalue weighted by Crippen LogP contribution is -2.58. The Balaban J connectivity index is 1.92. The van der Waals surface area contributed by atoms with Gasteiger partial charge in [0.25, 0.3) is 0 Å². The van der Waals surface area contributed by atoms with Crippen molar-refractivity contribution in [3.05, 3.63) is 18.7 Å². The van der Waals surface area contributed by atoms with Gasteiger partial charge < -0.3 is 0 Å². The number of nitrogens with zero attached hydrogens (tertiary/aromatic N) is 3. The minimum Gasteiger partial charge on any atom is -0.239 e. The number of aromatic nitrogens is 2. The fourth-order valence-corrected chi connectivity index (χ4v) is 2.89. The second-order valence-corrected chi connectivity index (χ2v) is 6.69. The predicted molar refractivity (Wildman–Crippen MR) is 71.6 cm³/mol. The number of aryl methyl sites for hydroxylation is 1. The average molecular weight is 268 g/mol. The predicted octanol–water partition coefficient (Wildman–Crippen LogP) is 2.18. The maximum atomic E-state index is 5.63. The molecule has 2 heterocycles. The van der Waals surface area contributed by atoms with Crippen LogP contribution in [0.2, 0.25) is 0 Å². The molecule has 0 bridgehead atoms. The summed E-state index contributed by atoms with van der Waals surface area (Å²) in [6.45, 7) is 9.20. The van der Waals surface area contributed by atoms with Crippen LogP contribution in [-0.4, -0.2) is 20.7 Å². The lowest BCUT2D eigenvalue weighted by Gasteiger charge is -2.49. The Bertz CT molecular complexity index is 410. The van der Waals surface area contributed by atoms with Crippen LogP contribution in [0.15, 0.2) is 18.7 Å². The Morgan fingerprint density at radius 3 is 2.32 bits per heavy atom. The van der Waals surface area contributed by atoms with E-state index in [4.69, 9.17) is 9.88 Å². The first-order chi connectivity index (χ1) is 8.81. The third-order valence-corrected chi connectivity index (χ3v) is 3.83. The minimum atomic E-state index is 0.00308. The fraction of sp³-hybridized carbons (Fsp3) is 0.786. The van der Waals surface area contributed by atoms with Gasteiger partial charge in [0.2, 0.25) is 13.1 Å². The molecule has 108 valence electrons. The third-order valence-electron chi connectivity index (χ3n) is 3.83. The first-order valence-corrected chi connectivity index (χ1v) is 6.92. The lowest BCUT2D eigenvalue weighted by molar-refractivity contribution is -0.671. The van der Waals surface area contributed by atoms with Crippen molar-refractivity contribution >= 4 is 0 Å². The van der Waals surface area contributed by atoms with Crippen LogP contribution < -0.4 is 4.57 Å². The van der Waals surface area contributed by atoms with Crippen molar-refractivity contribution < 1.29 is 14.4 Å². The van der Waals surface area contributed by atoms with Crippen LogP contribution >= 0.6 is 0 Å². The molecule has 1 fully saturated rings. The zero-order valence-corrected chi connectivity index (χ0v) is 12.7. The van der Waals surface area contributed by atoms with E-state index in [0.29, 0.717) is 6.73 Å². The second kappa shape index (κ2) is 5.23. The van der Waals surface area contributed by atoms with Gasteiger partial charge in [-0.05, 0) is 47.0 Å². The van der Waals surface area contributed by atoms with Crippen molar-refractivity contribution in [1.82, 2.24) is 9.63 Å². The third kappa shape index (κ3) is 3.35. The molecule has 0 aromatic carbocycles. The Morgan fingerprint density at radius 1 is 1.16 bits per heavy atom. The van der Waals surface area contributed by atoms with Crippen LogP contribution in [-0.2, 0) is 23.7 Å². The molecule has 0 spiro atoms. The molecule has 1 aromatic rings. The van der Waals surface area contributed by atoms with Gasteiger partial charge in [-0.25, -0.2) is 9.13 Å². The largest absolute Gasteiger partial charge is 0.245 e. The Labute approximate surface area is 115 Å². The monoisotopic (exact) mass is 268 g/mol. The minimum absolute atomic E-state index is 0.00308. The van der Waals surface area contributed by atoms with Crippen LogP contribution in [0.4, 0.5) is 0 Å². The fourth-order valence-electron chi connectivity index (χ4n) is 2.89. The number of rotatable bonds is 4. The van der Waals surface area contributed by atoms with E-state index < -0.39 is 0 Å². The van der Waals surface area contributed by atoms with E-state index in [1.54, 1.807) is 0 Å². The van der Waals surface area contributed by atoms with Gasteiger partial charge in [-0.1, -0.05) is 0 Å². The van der Waals surface area contributed by atoms with Gasteiger partial charge in [0.15, 0.2) is 0 Å². The highest BCUT2D eigenvalue weighted by atomic mass is 17.3. The molecule has 1 saturated heterocycles. The highest BCUT2D eigenvalue weighted by molar-refractivity contribution is 4.92. The quantitative estimate of drug-likeness (QED) is 0.476. The highest BCUT2D eigenvalue weighted by Gasteiger charge is 2.43. The van der Waals surface area contributed by atoms with Crippen molar-refractivity contribution in [3.63, 3.8) is 0 Å². The molecule has 5 heteroatoms. The molecular weight excluding hydrogens is 242 g/mol. The summed E-state index contributed by atoms with van der Waals surface area (Å²) in [5.74, 6) is 0. The van der Waals surface area contributed by atoms with Gasteiger partial charge in [-0.15, -0.1) is 10.1 Å². The Morgan fingerprint density at radius 2 is 1.79 bits per heavy atom. The van der Waals surface area contributed by atoms with E-state index in [9.17, 15) is 0 Å². The molecule has 1 aromatic heterocycles. The summed E-state index contributed by atoms with van der Waals surface area (Å²) in [7, 11) is 1.98. The van der Waals surface area contributed by atoms with E-state index in [1.807, 2.05) is 40.0 Å². The number of hydroxylamine groups is 2. The zero-order chi connectivity index (χ0) is 14.1. The SMILES string of the molecule is C[n+]1ccn(COON2C(C)(C)CCCC2(C)C)c1. The molecule has 0 amide bonds. The van der Waals surface area contributed by atoms with Crippen LogP contribution in [0.25, 0.3) is 0 Å². The molecule has 0 aliphatic carbocycles. The molecule has 0 radical (unpaired) electrons. The topological polar surface area (TPSA) is 30.5 Å². The molecule has 5 nitrogen and oxygen atoms in total. The highest BCUT2D eigenvalue weighted by Crippen LogP contribution is 2.38. The normalized spacial score (nSPS) is 22.6. The number of hydrogen-bond acceptors (Lipinski definition) is 3. The smallest absolute Gasteiger partial charge is 0.239 e. The molecule has 0 saturated carbocycles. The average Bonchev–Trinajstić information content (AvgIpc) is 2.67. The lowest BCUT2D eigenvalue weighted by atomic mass is 9.82. The van der Waals surface area contributed by atoms with Crippen LogP contribution in [0.3, 0.4) is 0 Å². The first kappa shape index (κ1) is 14.5. The van der Waals surface area contributed by atoms with Crippen molar-refractivity contribution in [2.75, 3.05) is 0 Å². The molecule has 0 N–H and O–H groups in total. The molecular formula is C14H26N3O2+. The van der Waals surface area contributed by atoms with Gasteiger partial charge in [0.05, 0.1) is 7.05 Å². The van der Waals surface area contributed by atoms with E-state index in [-0.39, 0.29) is 11.1 Å². The number of hydrogen-bond donors (Lipinski definition) is 0. The Hall–Kier alpha value is -0.910. The second-order valence-electron chi connectivity index (χ2n) is 6.69. The van der Waals surface area contributed by atoms with Gasteiger partial charge in [-0.3, -0.25) is 0 Å². The summed E-state index contributed by atoms with van der Waals surface area (Å²) in [4.78, 5) is 11.0. The summed E-state index contributed by atoms with van der Waals surface area (Å²) >= 11 is 0. The van der Waals surface area contributed by atoms with E-state index >= 15 is 0 Å². The molecule has 0 atom stereocenters. The van der Waals surface area contributed by atoms with Gasteiger partial charge >= 0.3 is 0 Å². The Kier molecular flexibility index (Phi) is 3.99. The summed E-state index contributed by atoms with van der Waals surface area (Å²) in [5.41, 5.74) is 0.00616. The van der Waals surface area contributed by atoms with Gasteiger partial charge in [0.1, 0.15) is 12.4 Å². The van der Waals surface area contributed by atoms with Crippen LogP contribution in [0, 0.1) is 0 Å². The van der Waals surface area contributed by atoms with E-state index in [2.05, 4.69) is 27.7 Å². The standard InChI is InChI=1S/C14H26N3O2/c1-13(2)7-6-8-14(3,4)17(13)19-18-12-16-10-9-15(5)11-16/h9-11H,6-8,12H2,1-5H3/q+1. The summed E-state index contributed by atoms with van der Waals surface area (Å²) in [6, 6.07) is 0. The summed E-state index contributed by atoms with van der Waals surface area (Å²) in [6.07, 6.45) is 9.35. The van der Waals surface area contributed by atoms with Crippen molar-refractivity contribution in [3.8, 4) is 0 Å². The van der Waals surface area contributed by atoms with E-state index in [0.717, 1.165) is 12.8 Å². The molecule has 2 rings (SSSR count). The van der Waals surface area contributed by atoms with Crippen molar-refractivity contribution in [2.45, 2.75) is 64.8 Å². The molecule has 1 aliphatic rings. The van der Waals surface area contributed by atoms with Crippen LogP contribution in [0.1, 0.15) is 47.0 Å². The van der Waals surface area contributed by atoms with Gasteiger partial charge in [0, 0.05) is 11.1 Å². The summed E-state index contributed by atoms with van der Waals surface area (Å²) in [5, 5.41) is 2.01. The molecule has 19 heavy (non-hydrogen) atoms. The first-order valence-electron chi connectivity index (χ1n) is 6.92. The maximum absolute atomic E-state index is 5.63. The molecule has 0 unspecified atom stereocenters. The number of piperidine rings is 1. The molecule has 1 aliphatic heterocycles. The number of imidazole rings is 1. The van der Waals surface area contributed by atoms with Gasteiger partial charge in [-0.2, -0.15) is 4.89 Å². The maximum Gasteiger partial charge on any atom is 0.245 e. The van der Waals surface area contributed by atoms with Crippen molar-refractivity contribution in [1.29, 1.82) is 0 Å². The summed E-state index contributed by atoms with van der Waals surface area (Å²) < 4.78 is 3.90. The van der Waals surface area contributed by atoms with Crippen LogP contribution in [0.5, 0.6) is 0 Å². The van der Waals surface area contributed by atoms with Crippen molar-refractivity contribution in [2.24, 2.45) is 7.05 Å².